The van der Waals surface area contributed by atoms with Crippen LogP contribution in [0.1, 0.15) is 78.6 Å². The first-order valence-corrected chi connectivity index (χ1v) is 11.2. The molecule has 1 aliphatic heterocycles. The smallest absolute Gasteiger partial charge is 0.221 e. The molecule has 0 unspecified atom stereocenters. The maximum atomic E-state index is 13.6. The van der Waals surface area contributed by atoms with Gasteiger partial charge in [0.15, 0.2) is 0 Å². The molecule has 25 heavy (non-hydrogen) atoms. The molecule has 6 heteroatoms. The monoisotopic (exact) mass is 368 g/mol. The fourth-order valence-corrected chi connectivity index (χ4v) is 10.4. The van der Waals surface area contributed by atoms with Crippen molar-refractivity contribution in [2.45, 2.75) is 89.3 Å². The molecule has 142 valence electrons. The molecule has 5 fully saturated rings. The molecule has 4 saturated carbocycles. The largest absolute Gasteiger partial charge is 0.356 e. The molecule has 2 N–H and O–H groups in total. The molecule has 0 aromatic heterocycles. The molecule has 1 atom stereocenters. The van der Waals surface area contributed by atoms with Crippen LogP contribution < -0.4 is 10.0 Å². The molecular weight excluding hydrogens is 336 g/mol. The van der Waals surface area contributed by atoms with Crippen LogP contribution in [0.5, 0.6) is 0 Å². The molecule has 4 bridgehead atoms. The quantitative estimate of drug-likeness (QED) is 0.804. The van der Waals surface area contributed by atoms with Crippen LogP contribution in [0.3, 0.4) is 0 Å². The lowest BCUT2D eigenvalue weighted by Gasteiger charge is -2.68. The number of nitrogens with one attached hydrogen (secondary N) is 2. The average Bonchev–Trinajstić information content (AvgIpc) is 2.56. The van der Waals surface area contributed by atoms with Crippen LogP contribution in [-0.4, -0.2) is 31.7 Å². The predicted octanol–water partition coefficient (Wildman–Crippen LogP) is 2.71. The van der Waals surface area contributed by atoms with E-state index in [9.17, 15) is 13.2 Å². The van der Waals surface area contributed by atoms with Crippen LogP contribution in [0, 0.1) is 16.2 Å². The van der Waals surface area contributed by atoms with Gasteiger partial charge in [0, 0.05) is 19.0 Å². The zero-order chi connectivity index (χ0) is 18.1. The van der Waals surface area contributed by atoms with E-state index >= 15 is 0 Å². The van der Waals surface area contributed by atoms with Gasteiger partial charge in [-0.25, -0.2) is 13.1 Å². The third kappa shape index (κ3) is 2.93. The number of rotatable bonds is 3. The molecule has 1 amide bonds. The Bertz CT molecular complexity index is 648. The van der Waals surface area contributed by atoms with Gasteiger partial charge >= 0.3 is 0 Å². The molecule has 0 spiro atoms. The minimum absolute atomic E-state index is 0.0402. The number of carbonyl (C=O) groups excluding carboxylic acids is 1. The summed E-state index contributed by atoms with van der Waals surface area (Å²) in [6.45, 7) is 7.54. The molecule has 5 nitrogen and oxygen atoms in total. The highest BCUT2D eigenvalue weighted by Gasteiger charge is 2.68. The summed E-state index contributed by atoms with van der Waals surface area (Å²) >= 11 is 0. The molecule has 1 saturated heterocycles. The first kappa shape index (κ1) is 17.8. The zero-order valence-corrected chi connectivity index (χ0v) is 16.6. The van der Waals surface area contributed by atoms with E-state index in [1.165, 1.54) is 0 Å². The Kier molecular flexibility index (Phi) is 3.71. The minimum atomic E-state index is -3.46. The van der Waals surface area contributed by atoms with Gasteiger partial charge in [0.05, 0.1) is 4.75 Å². The Morgan fingerprint density at radius 2 is 1.48 bits per heavy atom. The summed E-state index contributed by atoms with van der Waals surface area (Å²) in [5.74, 6) is -0.0402. The van der Waals surface area contributed by atoms with Crippen molar-refractivity contribution >= 4 is 15.9 Å². The molecule has 4 aliphatic carbocycles. The van der Waals surface area contributed by atoms with Gasteiger partial charge in [-0.15, -0.1) is 0 Å². The maximum Gasteiger partial charge on any atom is 0.221 e. The highest BCUT2D eigenvalue weighted by Crippen LogP contribution is 2.72. The van der Waals surface area contributed by atoms with Gasteiger partial charge in [0.25, 0.3) is 0 Å². The third-order valence-electron chi connectivity index (χ3n) is 7.18. The molecule has 0 radical (unpaired) electrons. The number of hydrogen-bond donors (Lipinski definition) is 2. The summed E-state index contributed by atoms with van der Waals surface area (Å²) in [7, 11) is -3.46. The SMILES string of the molecule is CC12CC3(C)CC(C)(C1)CC(S(=O)(=O)N[C@H]1CCCNC(=O)C1)(C2)C3. The summed E-state index contributed by atoms with van der Waals surface area (Å²) in [6, 6.07) is -0.256. The Labute approximate surface area is 151 Å². The van der Waals surface area contributed by atoms with Crippen molar-refractivity contribution in [1.82, 2.24) is 10.0 Å². The summed E-state index contributed by atoms with van der Waals surface area (Å²) in [4.78, 5) is 11.8. The number of sulfonamides is 1. The first-order valence-electron chi connectivity index (χ1n) is 9.75. The van der Waals surface area contributed by atoms with Gasteiger partial charge in [-0.05, 0) is 67.6 Å². The van der Waals surface area contributed by atoms with E-state index < -0.39 is 14.8 Å². The van der Waals surface area contributed by atoms with Gasteiger partial charge in [-0.1, -0.05) is 20.8 Å². The highest BCUT2D eigenvalue weighted by atomic mass is 32.2. The van der Waals surface area contributed by atoms with Gasteiger partial charge < -0.3 is 5.32 Å². The minimum Gasteiger partial charge on any atom is -0.356 e. The van der Waals surface area contributed by atoms with E-state index in [-0.39, 0.29) is 34.6 Å². The first-order chi connectivity index (χ1) is 11.5. The lowest BCUT2D eigenvalue weighted by molar-refractivity contribution is -0.126. The zero-order valence-electron chi connectivity index (χ0n) is 15.8. The van der Waals surface area contributed by atoms with E-state index in [1.54, 1.807) is 0 Å². The predicted molar refractivity (Wildman–Crippen MR) is 97.5 cm³/mol. The molecular formula is C19H32N2O3S. The Morgan fingerprint density at radius 1 is 0.960 bits per heavy atom. The van der Waals surface area contributed by atoms with Crippen molar-refractivity contribution < 1.29 is 13.2 Å². The topological polar surface area (TPSA) is 75.3 Å². The second kappa shape index (κ2) is 5.22. The number of carbonyl (C=O) groups is 1. The number of amides is 1. The standard InChI is InChI=1S/C19H32N2O3S/c1-16-8-17(2)10-18(3,9-16)13-19(11-16,12-17)25(23,24)21-14-5-4-6-20-15(22)7-14/h14,21H,4-13H2,1-3H3,(H,20,22)/t14-,16?,17?,18?,19?/m0/s1. The van der Waals surface area contributed by atoms with E-state index in [0.717, 1.165) is 51.4 Å². The summed E-state index contributed by atoms with van der Waals surface area (Å²) in [6.07, 6.45) is 7.62. The van der Waals surface area contributed by atoms with Crippen molar-refractivity contribution in [2.24, 2.45) is 16.2 Å². The Hall–Kier alpha value is -0.620. The van der Waals surface area contributed by atoms with Crippen molar-refractivity contribution in [3.63, 3.8) is 0 Å². The maximum absolute atomic E-state index is 13.6. The lowest BCUT2D eigenvalue weighted by atomic mass is 9.40. The van der Waals surface area contributed by atoms with Crippen LogP contribution >= 0.6 is 0 Å². The van der Waals surface area contributed by atoms with Crippen molar-refractivity contribution in [3.05, 3.63) is 0 Å². The van der Waals surface area contributed by atoms with Crippen molar-refractivity contribution in [2.75, 3.05) is 6.54 Å². The second-order valence-corrected chi connectivity index (χ2v) is 12.8. The van der Waals surface area contributed by atoms with Crippen LogP contribution in [0.2, 0.25) is 0 Å². The molecule has 0 aromatic carbocycles. The van der Waals surface area contributed by atoms with Gasteiger partial charge in [0.1, 0.15) is 0 Å². The van der Waals surface area contributed by atoms with Crippen LogP contribution in [-0.2, 0) is 14.8 Å². The lowest BCUT2D eigenvalue weighted by Crippen LogP contribution is -2.66. The fourth-order valence-electron chi connectivity index (χ4n) is 7.88. The normalized spacial score (nSPS) is 49.7. The summed E-state index contributed by atoms with van der Waals surface area (Å²) in [5.41, 5.74) is 0.398. The van der Waals surface area contributed by atoms with Crippen molar-refractivity contribution in [3.8, 4) is 0 Å². The van der Waals surface area contributed by atoms with Gasteiger partial charge in [-0.2, -0.15) is 0 Å². The van der Waals surface area contributed by atoms with Gasteiger partial charge in [0.2, 0.25) is 15.9 Å². The van der Waals surface area contributed by atoms with Crippen LogP contribution in [0.4, 0.5) is 0 Å². The van der Waals surface area contributed by atoms with Crippen molar-refractivity contribution in [1.29, 1.82) is 0 Å². The molecule has 1 heterocycles. The summed E-state index contributed by atoms with van der Waals surface area (Å²) < 4.78 is 29.4. The third-order valence-corrected chi connectivity index (χ3v) is 9.40. The Balaban J connectivity index is 1.64. The Morgan fingerprint density at radius 3 is 2.00 bits per heavy atom. The van der Waals surface area contributed by atoms with E-state index in [0.29, 0.717) is 6.54 Å². The highest BCUT2D eigenvalue weighted by molar-refractivity contribution is 7.90. The van der Waals surface area contributed by atoms with E-state index in [2.05, 4.69) is 30.8 Å². The molecule has 0 aromatic rings. The average molecular weight is 369 g/mol. The molecule has 5 aliphatic rings. The second-order valence-electron chi connectivity index (χ2n) is 10.7. The fraction of sp³-hybridized carbons (Fsp3) is 0.947. The van der Waals surface area contributed by atoms with Gasteiger partial charge in [-0.3, -0.25) is 4.79 Å². The summed E-state index contributed by atoms with van der Waals surface area (Å²) in [5, 5.41) is 2.84. The molecule has 5 rings (SSSR count). The van der Waals surface area contributed by atoms with Crippen LogP contribution in [0.15, 0.2) is 0 Å². The van der Waals surface area contributed by atoms with E-state index in [1.807, 2.05) is 0 Å². The number of hydrogen-bond acceptors (Lipinski definition) is 3. The van der Waals surface area contributed by atoms with Crippen LogP contribution in [0.25, 0.3) is 0 Å². The van der Waals surface area contributed by atoms with E-state index in [4.69, 9.17) is 0 Å².